The summed E-state index contributed by atoms with van der Waals surface area (Å²) in [5.41, 5.74) is 2.84. The van der Waals surface area contributed by atoms with E-state index in [1.54, 1.807) is 0 Å². The molecule has 1 aliphatic rings. The van der Waals surface area contributed by atoms with Crippen LogP contribution in [0.3, 0.4) is 0 Å². The van der Waals surface area contributed by atoms with Crippen LogP contribution in [-0.2, 0) is 6.42 Å². The van der Waals surface area contributed by atoms with E-state index in [0.717, 1.165) is 5.92 Å². The molecular formula is C14H21N. The molecule has 1 aliphatic heterocycles. The minimum absolute atomic E-state index is 0.697. The number of fused-ring (bicyclic) bond motifs is 1. The van der Waals surface area contributed by atoms with Crippen molar-refractivity contribution in [1.29, 1.82) is 0 Å². The number of benzene rings is 1. The number of hydrogen-bond donors (Lipinski definition) is 1. The average Bonchev–Trinajstić information content (AvgIpc) is 2.26. The Labute approximate surface area is 92.9 Å². The van der Waals surface area contributed by atoms with Crippen LogP contribution in [-0.4, -0.2) is 6.04 Å². The highest BCUT2D eigenvalue weighted by atomic mass is 14.9. The summed E-state index contributed by atoms with van der Waals surface area (Å²) in [5, 5.41) is 3.65. The van der Waals surface area contributed by atoms with Crippen LogP contribution < -0.4 is 5.32 Å². The largest absolute Gasteiger partial charge is 0.382 e. The fourth-order valence-corrected chi connectivity index (χ4v) is 2.25. The summed E-state index contributed by atoms with van der Waals surface area (Å²) in [6.45, 7) is 4.60. The lowest BCUT2D eigenvalue weighted by Gasteiger charge is -2.27. The topological polar surface area (TPSA) is 12.0 Å². The normalized spacial score (nSPS) is 19.8. The second-order valence-electron chi connectivity index (χ2n) is 5.01. The van der Waals surface area contributed by atoms with Crippen LogP contribution in [0.2, 0.25) is 0 Å². The molecule has 0 bridgehead atoms. The summed E-state index contributed by atoms with van der Waals surface area (Å²) in [7, 11) is 0. The maximum Gasteiger partial charge on any atom is 0.0374 e. The molecular weight excluding hydrogens is 182 g/mol. The summed E-state index contributed by atoms with van der Waals surface area (Å²) in [6, 6.07) is 9.39. The van der Waals surface area contributed by atoms with Gasteiger partial charge in [0.25, 0.3) is 0 Å². The molecule has 15 heavy (non-hydrogen) atoms. The van der Waals surface area contributed by atoms with Gasteiger partial charge in [-0.05, 0) is 43.2 Å². The van der Waals surface area contributed by atoms with Crippen molar-refractivity contribution in [2.24, 2.45) is 5.92 Å². The maximum atomic E-state index is 3.65. The Morgan fingerprint density at radius 3 is 2.93 bits per heavy atom. The highest BCUT2D eigenvalue weighted by molar-refractivity contribution is 5.53. The van der Waals surface area contributed by atoms with Gasteiger partial charge >= 0.3 is 0 Å². The first kappa shape index (κ1) is 10.5. The van der Waals surface area contributed by atoms with Gasteiger partial charge in [0.2, 0.25) is 0 Å². The zero-order valence-electron chi connectivity index (χ0n) is 9.79. The van der Waals surface area contributed by atoms with E-state index in [-0.39, 0.29) is 0 Å². The minimum atomic E-state index is 0.697. The molecule has 1 N–H and O–H groups in total. The second-order valence-corrected chi connectivity index (χ2v) is 5.01. The van der Waals surface area contributed by atoms with Crippen LogP contribution in [0.4, 0.5) is 5.69 Å². The van der Waals surface area contributed by atoms with Gasteiger partial charge in [0.05, 0.1) is 0 Å². The maximum absolute atomic E-state index is 3.65. The molecule has 0 unspecified atom stereocenters. The van der Waals surface area contributed by atoms with Crippen LogP contribution in [0, 0.1) is 5.92 Å². The van der Waals surface area contributed by atoms with Gasteiger partial charge in [0, 0.05) is 11.7 Å². The van der Waals surface area contributed by atoms with Crippen LogP contribution in [0.15, 0.2) is 24.3 Å². The second kappa shape index (κ2) is 4.69. The van der Waals surface area contributed by atoms with E-state index in [1.165, 1.54) is 36.9 Å². The summed E-state index contributed by atoms with van der Waals surface area (Å²) >= 11 is 0. The van der Waals surface area contributed by atoms with Crippen molar-refractivity contribution in [2.45, 2.75) is 45.6 Å². The van der Waals surface area contributed by atoms with Gasteiger partial charge in [-0.2, -0.15) is 0 Å². The van der Waals surface area contributed by atoms with E-state index in [2.05, 4.69) is 43.4 Å². The Bertz CT molecular complexity index is 317. The van der Waals surface area contributed by atoms with Crippen molar-refractivity contribution < 1.29 is 0 Å². The van der Waals surface area contributed by atoms with E-state index in [9.17, 15) is 0 Å². The smallest absolute Gasteiger partial charge is 0.0374 e. The Morgan fingerprint density at radius 1 is 1.33 bits per heavy atom. The number of aryl methyl sites for hydroxylation is 1. The molecule has 0 aromatic heterocycles. The van der Waals surface area contributed by atoms with Crippen molar-refractivity contribution in [2.75, 3.05) is 5.32 Å². The zero-order valence-corrected chi connectivity index (χ0v) is 9.79. The first-order chi connectivity index (χ1) is 7.25. The van der Waals surface area contributed by atoms with E-state index < -0.39 is 0 Å². The third-order valence-electron chi connectivity index (χ3n) is 3.23. The van der Waals surface area contributed by atoms with Crippen LogP contribution in [0.5, 0.6) is 0 Å². The lowest BCUT2D eigenvalue weighted by Crippen LogP contribution is -2.25. The summed E-state index contributed by atoms with van der Waals surface area (Å²) < 4.78 is 0. The van der Waals surface area contributed by atoms with Crippen molar-refractivity contribution in [3.63, 3.8) is 0 Å². The molecule has 2 rings (SSSR count). The Balaban J connectivity index is 1.94. The molecule has 0 fully saturated rings. The SMILES string of the molecule is CC(C)CC[C@H]1CCc2ccccc2N1. The van der Waals surface area contributed by atoms with Crippen molar-refractivity contribution >= 4 is 5.69 Å². The Morgan fingerprint density at radius 2 is 2.13 bits per heavy atom. The lowest BCUT2D eigenvalue weighted by molar-refractivity contribution is 0.490. The van der Waals surface area contributed by atoms with Crippen LogP contribution in [0.1, 0.15) is 38.7 Å². The summed E-state index contributed by atoms with van der Waals surface area (Å²) in [6.07, 6.45) is 5.18. The molecule has 0 spiro atoms. The molecule has 1 nitrogen and oxygen atoms in total. The molecule has 0 amide bonds. The van der Waals surface area contributed by atoms with Crippen molar-refractivity contribution in [3.05, 3.63) is 29.8 Å². The van der Waals surface area contributed by atoms with E-state index in [4.69, 9.17) is 0 Å². The minimum Gasteiger partial charge on any atom is -0.382 e. The molecule has 0 radical (unpaired) electrons. The number of rotatable bonds is 3. The third kappa shape index (κ3) is 2.74. The number of hydrogen-bond acceptors (Lipinski definition) is 1. The number of nitrogens with one attached hydrogen (secondary N) is 1. The Hall–Kier alpha value is -0.980. The molecule has 1 atom stereocenters. The fourth-order valence-electron chi connectivity index (χ4n) is 2.25. The third-order valence-corrected chi connectivity index (χ3v) is 3.23. The molecule has 0 saturated carbocycles. The van der Waals surface area contributed by atoms with Crippen molar-refractivity contribution in [1.82, 2.24) is 0 Å². The molecule has 1 heterocycles. The average molecular weight is 203 g/mol. The van der Waals surface area contributed by atoms with Gasteiger partial charge in [0.1, 0.15) is 0 Å². The molecule has 0 aliphatic carbocycles. The molecule has 0 saturated heterocycles. The highest BCUT2D eigenvalue weighted by Crippen LogP contribution is 2.26. The highest BCUT2D eigenvalue weighted by Gasteiger charge is 2.16. The predicted molar refractivity (Wildman–Crippen MR) is 66.2 cm³/mol. The summed E-state index contributed by atoms with van der Waals surface area (Å²) in [5.74, 6) is 0.823. The summed E-state index contributed by atoms with van der Waals surface area (Å²) in [4.78, 5) is 0. The lowest BCUT2D eigenvalue weighted by atomic mass is 9.93. The van der Waals surface area contributed by atoms with Gasteiger partial charge in [-0.3, -0.25) is 0 Å². The molecule has 1 heteroatoms. The van der Waals surface area contributed by atoms with Gasteiger partial charge in [0.15, 0.2) is 0 Å². The quantitative estimate of drug-likeness (QED) is 0.786. The first-order valence-electron chi connectivity index (χ1n) is 6.10. The number of anilines is 1. The van der Waals surface area contributed by atoms with E-state index in [0.29, 0.717) is 6.04 Å². The molecule has 82 valence electrons. The van der Waals surface area contributed by atoms with Crippen LogP contribution in [0.25, 0.3) is 0 Å². The first-order valence-corrected chi connectivity index (χ1v) is 6.10. The fraction of sp³-hybridized carbons (Fsp3) is 0.571. The van der Waals surface area contributed by atoms with E-state index >= 15 is 0 Å². The van der Waals surface area contributed by atoms with Crippen molar-refractivity contribution in [3.8, 4) is 0 Å². The van der Waals surface area contributed by atoms with E-state index in [1.807, 2.05) is 0 Å². The van der Waals surface area contributed by atoms with Crippen LogP contribution >= 0.6 is 0 Å². The molecule has 1 aromatic carbocycles. The van der Waals surface area contributed by atoms with Gasteiger partial charge < -0.3 is 5.32 Å². The monoisotopic (exact) mass is 203 g/mol. The predicted octanol–water partition coefficient (Wildman–Crippen LogP) is 3.85. The molecule has 1 aromatic rings. The number of para-hydroxylation sites is 1. The zero-order chi connectivity index (χ0) is 10.7. The van der Waals surface area contributed by atoms with Gasteiger partial charge in [-0.1, -0.05) is 32.0 Å². The standard InChI is InChI=1S/C14H21N/c1-11(2)7-9-13-10-8-12-5-3-4-6-14(12)15-13/h3-6,11,13,15H,7-10H2,1-2H3/t13-/m0/s1. The Kier molecular flexibility index (Phi) is 3.30. The van der Waals surface area contributed by atoms with Gasteiger partial charge in [-0.25, -0.2) is 0 Å². The van der Waals surface area contributed by atoms with Gasteiger partial charge in [-0.15, -0.1) is 0 Å².